The van der Waals surface area contributed by atoms with Gasteiger partial charge in [-0.2, -0.15) is 8.78 Å². The Morgan fingerprint density at radius 2 is 1.57 bits per heavy atom. The van der Waals surface area contributed by atoms with E-state index in [1.165, 1.54) is 6.07 Å². The van der Waals surface area contributed by atoms with Crippen LogP contribution in [-0.4, -0.2) is 11.7 Å². The molecule has 0 fully saturated rings. The van der Waals surface area contributed by atoms with Crippen LogP contribution in [0, 0.1) is 20.8 Å². The number of aryl methyl sites for hydroxylation is 3. The van der Waals surface area contributed by atoms with Crippen LogP contribution in [0.1, 0.15) is 22.3 Å². The van der Waals surface area contributed by atoms with E-state index < -0.39 is 12.5 Å². The van der Waals surface area contributed by atoms with Crippen molar-refractivity contribution in [1.29, 1.82) is 0 Å². The first kappa shape index (κ1) is 11.1. The first-order valence-corrected chi connectivity index (χ1v) is 4.45. The van der Waals surface area contributed by atoms with Crippen molar-refractivity contribution >= 4 is 0 Å². The van der Waals surface area contributed by atoms with Crippen LogP contribution >= 0.6 is 0 Å². The molecule has 3 heteroatoms. The molecule has 0 heterocycles. The van der Waals surface area contributed by atoms with E-state index in [2.05, 4.69) is 0 Å². The molecule has 78 valence electrons. The minimum Gasteiger partial charge on any atom is -0.390 e. The lowest BCUT2D eigenvalue weighted by Crippen LogP contribution is -2.20. The van der Waals surface area contributed by atoms with Crippen LogP contribution in [0.15, 0.2) is 12.1 Å². The summed E-state index contributed by atoms with van der Waals surface area (Å²) in [6.07, 6.45) is 0. The van der Waals surface area contributed by atoms with Crippen molar-refractivity contribution in [1.82, 2.24) is 0 Å². The molecule has 0 aliphatic carbocycles. The summed E-state index contributed by atoms with van der Waals surface area (Å²) >= 11 is 0. The maximum Gasteiger partial charge on any atom is 0.296 e. The van der Waals surface area contributed by atoms with Crippen molar-refractivity contribution in [2.75, 3.05) is 6.61 Å². The molecule has 14 heavy (non-hydrogen) atoms. The molecule has 0 aliphatic rings. The average molecular weight is 200 g/mol. The van der Waals surface area contributed by atoms with Crippen LogP contribution in [0.3, 0.4) is 0 Å². The minimum absolute atomic E-state index is 0.0805. The number of hydrogen-bond acceptors (Lipinski definition) is 1. The Hall–Kier alpha value is -0.960. The zero-order valence-corrected chi connectivity index (χ0v) is 8.56. The van der Waals surface area contributed by atoms with E-state index in [0.29, 0.717) is 5.56 Å². The summed E-state index contributed by atoms with van der Waals surface area (Å²) in [5, 5.41) is 8.58. The van der Waals surface area contributed by atoms with Gasteiger partial charge in [-0.25, -0.2) is 0 Å². The number of halogens is 2. The molecule has 0 aliphatic heterocycles. The van der Waals surface area contributed by atoms with Gasteiger partial charge in [0.2, 0.25) is 0 Å². The van der Waals surface area contributed by atoms with Gasteiger partial charge >= 0.3 is 0 Å². The summed E-state index contributed by atoms with van der Waals surface area (Å²) in [5.41, 5.74) is 2.24. The lowest BCUT2D eigenvalue weighted by atomic mass is 9.97. The van der Waals surface area contributed by atoms with Gasteiger partial charge in [-0.05, 0) is 43.5 Å². The van der Waals surface area contributed by atoms with Crippen molar-refractivity contribution in [3.8, 4) is 0 Å². The first-order valence-electron chi connectivity index (χ1n) is 4.45. The molecule has 1 rings (SSSR count). The Kier molecular flexibility index (Phi) is 2.90. The molecule has 0 radical (unpaired) electrons. The summed E-state index contributed by atoms with van der Waals surface area (Å²) in [5.74, 6) is -3.14. The van der Waals surface area contributed by atoms with Crippen LogP contribution in [0.4, 0.5) is 8.78 Å². The van der Waals surface area contributed by atoms with Crippen molar-refractivity contribution in [2.45, 2.75) is 26.7 Å². The zero-order chi connectivity index (χ0) is 10.9. The van der Waals surface area contributed by atoms with Gasteiger partial charge in [-0.1, -0.05) is 6.07 Å². The molecule has 1 nitrogen and oxygen atoms in total. The molecule has 1 aromatic rings. The fraction of sp³-hybridized carbons (Fsp3) is 0.455. The van der Waals surface area contributed by atoms with Crippen LogP contribution in [0.2, 0.25) is 0 Å². The molecule has 0 aromatic heterocycles. The fourth-order valence-electron chi connectivity index (χ4n) is 1.44. The molecular formula is C11H14F2O. The van der Waals surface area contributed by atoms with E-state index in [1.54, 1.807) is 19.9 Å². The second-order valence-electron chi connectivity index (χ2n) is 3.61. The Labute approximate surface area is 82.4 Å². The smallest absolute Gasteiger partial charge is 0.296 e. The Balaban J connectivity index is 3.29. The van der Waals surface area contributed by atoms with Gasteiger partial charge in [-0.15, -0.1) is 0 Å². The highest BCUT2D eigenvalue weighted by Gasteiger charge is 2.32. The number of benzene rings is 1. The SMILES string of the molecule is Cc1cc(C)c(C(F)(F)CO)cc1C. The molecule has 0 saturated heterocycles. The summed E-state index contributed by atoms with van der Waals surface area (Å²) in [7, 11) is 0. The number of hydrogen-bond donors (Lipinski definition) is 1. The Morgan fingerprint density at radius 3 is 2.07 bits per heavy atom. The Bertz CT molecular complexity index is 345. The summed E-state index contributed by atoms with van der Waals surface area (Å²) < 4.78 is 26.4. The standard InChI is InChI=1S/C11H14F2O/c1-7-4-9(3)10(5-8(7)2)11(12,13)6-14/h4-5,14H,6H2,1-3H3. The predicted octanol–water partition coefficient (Wildman–Crippen LogP) is 2.70. The quantitative estimate of drug-likeness (QED) is 0.778. The second kappa shape index (κ2) is 3.65. The van der Waals surface area contributed by atoms with Gasteiger partial charge < -0.3 is 5.11 Å². The van der Waals surface area contributed by atoms with Crippen LogP contribution in [0.5, 0.6) is 0 Å². The highest BCUT2D eigenvalue weighted by molar-refractivity contribution is 5.38. The van der Waals surface area contributed by atoms with Gasteiger partial charge in [0.05, 0.1) is 0 Å². The van der Waals surface area contributed by atoms with Gasteiger partial charge in [0.25, 0.3) is 5.92 Å². The number of alkyl halides is 2. The van der Waals surface area contributed by atoms with Crippen LogP contribution < -0.4 is 0 Å². The van der Waals surface area contributed by atoms with Gasteiger partial charge in [-0.3, -0.25) is 0 Å². The number of aliphatic hydroxyl groups is 1. The molecule has 0 unspecified atom stereocenters. The van der Waals surface area contributed by atoms with Crippen molar-refractivity contribution < 1.29 is 13.9 Å². The molecular weight excluding hydrogens is 186 g/mol. The maximum atomic E-state index is 13.2. The topological polar surface area (TPSA) is 20.2 Å². The average Bonchev–Trinajstić information content (AvgIpc) is 2.11. The van der Waals surface area contributed by atoms with Gasteiger partial charge in [0.15, 0.2) is 0 Å². The lowest BCUT2D eigenvalue weighted by Gasteiger charge is -2.17. The molecule has 1 N–H and O–H groups in total. The van der Waals surface area contributed by atoms with E-state index in [0.717, 1.165) is 11.1 Å². The predicted molar refractivity (Wildman–Crippen MR) is 51.6 cm³/mol. The van der Waals surface area contributed by atoms with Crippen LogP contribution in [-0.2, 0) is 5.92 Å². The molecule has 0 bridgehead atoms. The summed E-state index contributed by atoms with van der Waals surface area (Å²) in [4.78, 5) is 0. The third kappa shape index (κ3) is 1.93. The number of aliphatic hydroxyl groups excluding tert-OH is 1. The van der Waals surface area contributed by atoms with Gasteiger partial charge in [0, 0.05) is 5.56 Å². The maximum absolute atomic E-state index is 13.2. The van der Waals surface area contributed by atoms with E-state index in [4.69, 9.17) is 5.11 Å². The minimum atomic E-state index is -3.14. The Morgan fingerprint density at radius 1 is 1.07 bits per heavy atom. The van der Waals surface area contributed by atoms with Crippen molar-refractivity contribution in [2.24, 2.45) is 0 Å². The van der Waals surface area contributed by atoms with Crippen molar-refractivity contribution in [3.05, 3.63) is 34.4 Å². The largest absolute Gasteiger partial charge is 0.390 e. The molecule has 0 saturated carbocycles. The molecule has 0 atom stereocenters. The monoisotopic (exact) mass is 200 g/mol. The fourth-order valence-corrected chi connectivity index (χ4v) is 1.44. The molecule has 0 amide bonds. The highest BCUT2D eigenvalue weighted by Crippen LogP contribution is 2.31. The number of rotatable bonds is 2. The zero-order valence-electron chi connectivity index (χ0n) is 8.56. The molecule has 0 spiro atoms. The normalized spacial score (nSPS) is 11.9. The van der Waals surface area contributed by atoms with Crippen molar-refractivity contribution in [3.63, 3.8) is 0 Å². The second-order valence-corrected chi connectivity index (χ2v) is 3.61. The summed E-state index contributed by atoms with van der Waals surface area (Å²) in [6.45, 7) is 4.15. The van der Waals surface area contributed by atoms with Crippen LogP contribution in [0.25, 0.3) is 0 Å². The summed E-state index contributed by atoms with van der Waals surface area (Å²) in [6, 6.07) is 3.16. The van der Waals surface area contributed by atoms with E-state index >= 15 is 0 Å². The lowest BCUT2D eigenvalue weighted by molar-refractivity contribution is -0.0561. The third-order valence-electron chi connectivity index (χ3n) is 2.43. The van der Waals surface area contributed by atoms with E-state index in [-0.39, 0.29) is 5.56 Å². The van der Waals surface area contributed by atoms with Gasteiger partial charge in [0.1, 0.15) is 6.61 Å². The van der Waals surface area contributed by atoms with E-state index in [1.807, 2.05) is 6.92 Å². The van der Waals surface area contributed by atoms with E-state index in [9.17, 15) is 8.78 Å². The first-order chi connectivity index (χ1) is 6.38. The molecule has 1 aromatic carbocycles. The third-order valence-corrected chi connectivity index (χ3v) is 2.43. The highest BCUT2D eigenvalue weighted by atomic mass is 19.3.